The smallest absolute Gasteiger partial charge is 0.223 e. The zero-order chi connectivity index (χ0) is 14.8. The van der Waals surface area contributed by atoms with Crippen LogP contribution in [0.5, 0.6) is 0 Å². The van der Waals surface area contributed by atoms with Gasteiger partial charge in [0.1, 0.15) is 0 Å². The first-order valence-electron chi connectivity index (χ1n) is 7.88. The van der Waals surface area contributed by atoms with Crippen molar-refractivity contribution in [2.24, 2.45) is 11.8 Å². The van der Waals surface area contributed by atoms with Crippen molar-refractivity contribution >= 4 is 11.6 Å². The van der Waals surface area contributed by atoms with Crippen LogP contribution in [0, 0.1) is 11.8 Å². The van der Waals surface area contributed by atoms with E-state index in [-0.39, 0.29) is 17.9 Å². The second-order valence-corrected chi connectivity index (χ2v) is 6.24. The first-order chi connectivity index (χ1) is 10.1. The summed E-state index contributed by atoms with van der Waals surface area (Å²) in [4.78, 5) is 14.3. The number of benzene rings is 1. The number of amides is 1. The molecule has 4 heteroatoms. The number of rotatable bonds is 4. The average molecular weight is 288 g/mol. The Kier molecular flexibility index (Phi) is 4.15. The van der Waals surface area contributed by atoms with Gasteiger partial charge >= 0.3 is 0 Å². The van der Waals surface area contributed by atoms with Gasteiger partial charge in [0, 0.05) is 24.7 Å². The first-order valence-corrected chi connectivity index (χ1v) is 7.88. The highest BCUT2D eigenvalue weighted by molar-refractivity contribution is 5.81. The van der Waals surface area contributed by atoms with E-state index in [0.717, 1.165) is 38.3 Å². The minimum atomic E-state index is 0.0732. The molecule has 2 aliphatic rings. The van der Waals surface area contributed by atoms with E-state index in [9.17, 15) is 4.79 Å². The summed E-state index contributed by atoms with van der Waals surface area (Å²) in [5.74, 6) is 0.994. The molecule has 0 spiro atoms. The summed E-state index contributed by atoms with van der Waals surface area (Å²) in [7, 11) is 0. The Bertz CT molecular complexity index is 494. The molecule has 21 heavy (non-hydrogen) atoms. The predicted octanol–water partition coefficient (Wildman–Crippen LogP) is 2.36. The van der Waals surface area contributed by atoms with Gasteiger partial charge in [0.2, 0.25) is 5.91 Å². The van der Waals surface area contributed by atoms with Gasteiger partial charge in [-0.2, -0.15) is 0 Å². The molecule has 0 aromatic heterocycles. The van der Waals surface area contributed by atoms with Crippen molar-refractivity contribution in [3.63, 3.8) is 0 Å². The molecule has 1 heterocycles. The third-order valence-corrected chi connectivity index (χ3v) is 4.57. The maximum atomic E-state index is 12.0. The summed E-state index contributed by atoms with van der Waals surface area (Å²) in [5.41, 5.74) is 2.39. The van der Waals surface area contributed by atoms with Gasteiger partial charge in [-0.05, 0) is 37.0 Å². The van der Waals surface area contributed by atoms with Gasteiger partial charge in [-0.25, -0.2) is 0 Å². The summed E-state index contributed by atoms with van der Waals surface area (Å²) >= 11 is 0. The lowest BCUT2D eigenvalue weighted by Gasteiger charge is -2.29. The number of ether oxygens (including phenoxy) is 1. The van der Waals surface area contributed by atoms with Crippen LogP contribution in [0.25, 0.3) is 0 Å². The average Bonchev–Trinajstić information content (AvgIpc) is 3.25. The highest BCUT2D eigenvalue weighted by atomic mass is 16.5. The fraction of sp³-hybridized carbons (Fsp3) is 0.588. The molecule has 4 nitrogen and oxygen atoms in total. The standard InChI is InChI=1S/C17H24N2O2/c1-12-11-16(12)17(20)18-13(2)14-3-5-15(6-4-14)19-7-9-21-10-8-19/h3-6,12-13,16H,7-11H2,1-2H3,(H,18,20). The lowest BCUT2D eigenvalue weighted by atomic mass is 10.1. The first kappa shape index (κ1) is 14.4. The van der Waals surface area contributed by atoms with E-state index < -0.39 is 0 Å². The molecule has 1 aliphatic heterocycles. The van der Waals surface area contributed by atoms with E-state index in [1.165, 1.54) is 5.69 Å². The van der Waals surface area contributed by atoms with Gasteiger partial charge in [0.05, 0.1) is 19.3 Å². The van der Waals surface area contributed by atoms with Gasteiger partial charge in [-0.3, -0.25) is 4.79 Å². The van der Waals surface area contributed by atoms with E-state index in [1.54, 1.807) is 0 Å². The van der Waals surface area contributed by atoms with E-state index in [2.05, 4.69) is 48.3 Å². The molecular formula is C17H24N2O2. The number of nitrogens with zero attached hydrogens (tertiary/aromatic N) is 1. The van der Waals surface area contributed by atoms with Crippen LogP contribution < -0.4 is 10.2 Å². The zero-order valence-corrected chi connectivity index (χ0v) is 12.8. The van der Waals surface area contributed by atoms with Gasteiger partial charge in [-0.1, -0.05) is 19.1 Å². The molecule has 3 rings (SSSR count). The van der Waals surface area contributed by atoms with Crippen molar-refractivity contribution < 1.29 is 9.53 Å². The lowest BCUT2D eigenvalue weighted by Crippen LogP contribution is -2.36. The number of morpholine rings is 1. The third-order valence-electron chi connectivity index (χ3n) is 4.57. The molecule has 1 amide bonds. The van der Waals surface area contributed by atoms with Crippen molar-refractivity contribution in [3.8, 4) is 0 Å². The monoisotopic (exact) mass is 288 g/mol. The Hall–Kier alpha value is -1.55. The zero-order valence-electron chi connectivity index (χ0n) is 12.8. The van der Waals surface area contributed by atoms with Gasteiger partial charge in [-0.15, -0.1) is 0 Å². The summed E-state index contributed by atoms with van der Waals surface area (Å²) in [6.07, 6.45) is 1.04. The van der Waals surface area contributed by atoms with Crippen LogP contribution in [0.2, 0.25) is 0 Å². The third kappa shape index (κ3) is 3.38. The minimum Gasteiger partial charge on any atom is -0.378 e. The molecule has 0 radical (unpaired) electrons. The Labute approximate surface area is 126 Å². The van der Waals surface area contributed by atoms with Gasteiger partial charge in [0.15, 0.2) is 0 Å². The van der Waals surface area contributed by atoms with Crippen LogP contribution in [0.3, 0.4) is 0 Å². The maximum absolute atomic E-state index is 12.0. The SMILES string of the molecule is CC(NC(=O)C1CC1C)c1ccc(N2CCOCC2)cc1. The molecule has 1 saturated heterocycles. The minimum absolute atomic E-state index is 0.0732. The van der Waals surface area contributed by atoms with E-state index in [1.807, 2.05) is 0 Å². The number of nitrogens with one attached hydrogen (secondary N) is 1. The van der Waals surface area contributed by atoms with Crippen molar-refractivity contribution in [2.75, 3.05) is 31.2 Å². The number of anilines is 1. The molecule has 114 valence electrons. The normalized spacial score (nSPS) is 26.3. The number of carbonyl (C=O) groups excluding carboxylic acids is 1. The number of hydrogen-bond donors (Lipinski definition) is 1. The largest absolute Gasteiger partial charge is 0.378 e. The van der Waals surface area contributed by atoms with Crippen molar-refractivity contribution in [3.05, 3.63) is 29.8 Å². The van der Waals surface area contributed by atoms with Crippen LogP contribution >= 0.6 is 0 Å². The van der Waals surface area contributed by atoms with E-state index in [0.29, 0.717) is 5.92 Å². The number of carbonyl (C=O) groups is 1. The van der Waals surface area contributed by atoms with Crippen LogP contribution in [0.4, 0.5) is 5.69 Å². The van der Waals surface area contributed by atoms with Crippen molar-refractivity contribution in [2.45, 2.75) is 26.3 Å². The Morgan fingerprint density at radius 2 is 1.90 bits per heavy atom. The van der Waals surface area contributed by atoms with Crippen LogP contribution in [-0.4, -0.2) is 32.2 Å². The highest BCUT2D eigenvalue weighted by Gasteiger charge is 2.39. The van der Waals surface area contributed by atoms with E-state index >= 15 is 0 Å². The number of hydrogen-bond acceptors (Lipinski definition) is 3. The predicted molar refractivity (Wildman–Crippen MR) is 83.3 cm³/mol. The quantitative estimate of drug-likeness (QED) is 0.924. The molecule has 1 N–H and O–H groups in total. The Morgan fingerprint density at radius 1 is 1.29 bits per heavy atom. The highest BCUT2D eigenvalue weighted by Crippen LogP contribution is 2.38. The topological polar surface area (TPSA) is 41.6 Å². The van der Waals surface area contributed by atoms with Crippen molar-refractivity contribution in [1.29, 1.82) is 0 Å². The van der Waals surface area contributed by atoms with Gasteiger partial charge in [0.25, 0.3) is 0 Å². The molecular weight excluding hydrogens is 264 g/mol. The Morgan fingerprint density at radius 3 is 2.48 bits per heavy atom. The fourth-order valence-electron chi connectivity index (χ4n) is 2.89. The molecule has 1 aromatic rings. The molecule has 0 bridgehead atoms. The summed E-state index contributed by atoms with van der Waals surface area (Å²) < 4.78 is 5.37. The summed E-state index contributed by atoms with van der Waals surface area (Å²) in [6.45, 7) is 7.68. The summed E-state index contributed by atoms with van der Waals surface area (Å²) in [6, 6.07) is 8.59. The molecule has 3 atom stereocenters. The van der Waals surface area contributed by atoms with Crippen LogP contribution in [0.15, 0.2) is 24.3 Å². The maximum Gasteiger partial charge on any atom is 0.223 e. The van der Waals surface area contributed by atoms with Crippen LogP contribution in [-0.2, 0) is 9.53 Å². The lowest BCUT2D eigenvalue weighted by molar-refractivity contribution is -0.123. The van der Waals surface area contributed by atoms with Crippen molar-refractivity contribution in [1.82, 2.24) is 5.32 Å². The van der Waals surface area contributed by atoms with Crippen LogP contribution in [0.1, 0.15) is 31.9 Å². The molecule has 2 fully saturated rings. The second kappa shape index (κ2) is 6.06. The fourth-order valence-corrected chi connectivity index (χ4v) is 2.89. The van der Waals surface area contributed by atoms with Gasteiger partial charge < -0.3 is 15.0 Å². The summed E-state index contributed by atoms with van der Waals surface area (Å²) in [5, 5.41) is 3.11. The molecule has 1 aromatic carbocycles. The molecule has 1 saturated carbocycles. The molecule has 1 aliphatic carbocycles. The molecule has 3 unspecified atom stereocenters. The second-order valence-electron chi connectivity index (χ2n) is 6.24. The Balaban J connectivity index is 1.59. The van der Waals surface area contributed by atoms with E-state index in [4.69, 9.17) is 4.74 Å².